The molecular weight excluding hydrogens is 152 g/mol. The first-order valence-corrected chi connectivity index (χ1v) is 4.84. The number of carboxylic acid groups (broad SMARTS) is 1. The Labute approximate surface area is 75.0 Å². The van der Waals surface area contributed by atoms with Crippen molar-refractivity contribution in [1.82, 2.24) is 0 Å². The van der Waals surface area contributed by atoms with Crippen LogP contribution in [0.25, 0.3) is 0 Å². The zero-order chi connectivity index (χ0) is 9.56. The molecule has 0 aromatic heterocycles. The van der Waals surface area contributed by atoms with Crippen LogP contribution in [0.3, 0.4) is 0 Å². The number of hydrogen-bond donors (Lipinski definition) is 1. The van der Waals surface area contributed by atoms with Crippen molar-refractivity contribution in [2.24, 2.45) is 11.8 Å². The van der Waals surface area contributed by atoms with Gasteiger partial charge in [0, 0.05) is 0 Å². The van der Waals surface area contributed by atoms with Crippen LogP contribution >= 0.6 is 0 Å². The van der Waals surface area contributed by atoms with Gasteiger partial charge in [0.15, 0.2) is 0 Å². The maximum atomic E-state index is 10.7. The average molecular weight is 172 g/mol. The van der Waals surface area contributed by atoms with E-state index in [-0.39, 0.29) is 5.92 Å². The van der Waals surface area contributed by atoms with E-state index in [0.717, 1.165) is 25.7 Å². The van der Waals surface area contributed by atoms with Gasteiger partial charge in [-0.1, -0.05) is 33.6 Å². The molecule has 0 aromatic carbocycles. The Hall–Kier alpha value is -0.530. The molecule has 0 aliphatic carbocycles. The Bertz CT molecular complexity index is 132. The van der Waals surface area contributed by atoms with Crippen LogP contribution in [-0.4, -0.2) is 11.1 Å². The molecule has 0 amide bonds. The second-order valence-corrected chi connectivity index (χ2v) is 3.57. The highest BCUT2D eigenvalue weighted by molar-refractivity contribution is 5.69. The predicted molar refractivity (Wildman–Crippen MR) is 50.1 cm³/mol. The van der Waals surface area contributed by atoms with E-state index in [2.05, 4.69) is 13.8 Å². The largest absolute Gasteiger partial charge is 0.481 e. The highest BCUT2D eigenvalue weighted by Gasteiger charge is 2.17. The maximum Gasteiger partial charge on any atom is 0.306 e. The first-order valence-electron chi connectivity index (χ1n) is 4.84. The van der Waals surface area contributed by atoms with Crippen molar-refractivity contribution < 1.29 is 9.90 Å². The summed E-state index contributed by atoms with van der Waals surface area (Å²) in [6, 6.07) is 0. The highest BCUT2D eigenvalue weighted by Crippen LogP contribution is 2.19. The first-order chi connectivity index (χ1) is 5.61. The smallest absolute Gasteiger partial charge is 0.306 e. The van der Waals surface area contributed by atoms with Gasteiger partial charge in [-0.15, -0.1) is 0 Å². The van der Waals surface area contributed by atoms with E-state index in [9.17, 15) is 4.79 Å². The minimum atomic E-state index is -0.638. The summed E-state index contributed by atoms with van der Waals surface area (Å²) < 4.78 is 0. The van der Waals surface area contributed by atoms with Gasteiger partial charge in [0.1, 0.15) is 0 Å². The summed E-state index contributed by atoms with van der Waals surface area (Å²) in [5, 5.41) is 8.79. The van der Waals surface area contributed by atoms with Gasteiger partial charge in [0.2, 0.25) is 0 Å². The van der Waals surface area contributed by atoms with Crippen molar-refractivity contribution >= 4 is 5.97 Å². The summed E-state index contributed by atoms with van der Waals surface area (Å²) in [7, 11) is 0. The van der Waals surface area contributed by atoms with E-state index in [1.807, 2.05) is 6.92 Å². The fraction of sp³-hybridized carbons (Fsp3) is 0.900. The normalized spacial score (nSPS) is 15.6. The number of carbonyl (C=O) groups is 1. The van der Waals surface area contributed by atoms with Crippen molar-refractivity contribution in [2.45, 2.75) is 46.5 Å². The summed E-state index contributed by atoms with van der Waals surface area (Å²) in [4.78, 5) is 10.7. The van der Waals surface area contributed by atoms with Crippen molar-refractivity contribution in [2.75, 3.05) is 0 Å². The lowest BCUT2D eigenvalue weighted by molar-refractivity contribution is -0.142. The lowest BCUT2D eigenvalue weighted by atomic mass is 9.91. The zero-order valence-electron chi connectivity index (χ0n) is 8.34. The van der Waals surface area contributed by atoms with E-state index < -0.39 is 5.97 Å². The number of rotatable bonds is 6. The Morgan fingerprint density at radius 3 is 2.33 bits per heavy atom. The Balaban J connectivity index is 3.77. The molecule has 0 aromatic rings. The summed E-state index contributed by atoms with van der Waals surface area (Å²) in [6.45, 7) is 6.21. The number of aliphatic carboxylic acids is 1. The molecule has 0 bridgehead atoms. The van der Waals surface area contributed by atoms with Gasteiger partial charge < -0.3 is 5.11 Å². The maximum absolute atomic E-state index is 10.7. The third-order valence-electron chi connectivity index (χ3n) is 2.31. The molecule has 0 rings (SSSR count). The molecule has 12 heavy (non-hydrogen) atoms. The molecule has 2 heteroatoms. The van der Waals surface area contributed by atoms with Crippen LogP contribution in [0.15, 0.2) is 0 Å². The lowest BCUT2D eigenvalue weighted by Crippen LogP contribution is -2.15. The van der Waals surface area contributed by atoms with Gasteiger partial charge in [-0.3, -0.25) is 4.79 Å². The molecule has 0 fully saturated rings. The fourth-order valence-corrected chi connectivity index (χ4v) is 1.54. The summed E-state index contributed by atoms with van der Waals surface area (Å²) in [5.74, 6) is -0.219. The minimum Gasteiger partial charge on any atom is -0.481 e. The molecule has 0 spiro atoms. The van der Waals surface area contributed by atoms with Crippen LogP contribution in [0.1, 0.15) is 46.5 Å². The summed E-state index contributed by atoms with van der Waals surface area (Å²) >= 11 is 0. The van der Waals surface area contributed by atoms with Crippen molar-refractivity contribution in [3.63, 3.8) is 0 Å². The van der Waals surface area contributed by atoms with Crippen LogP contribution in [0, 0.1) is 11.8 Å². The van der Waals surface area contributed by atoms with Gasteiger partial charge in [0.25, 0.3) is 0 Å². The van der Waals surface area contributed by atoms with Crippen molar-refractivity contribution in [3.05, 3.63) is 0 Å². The minimum absolute atomic E-state index is 0.133. The topological polar surface area (TPSA) is 37.3 Å². The zero-order valence-corrected chi connectivity index (χ0v) is 8.34. The number of hydrogen-bond acceptors (Lipinski definition) is 1. The van der Waals surface area contributed by atoms with Crippen LogP contribution in [-0.2, 0) is 4.79 Å². The molecule has 2 unspecified atom stereocenters. The SMILES string of the molecule is CCCC(C)CC(CC)C(=O)O. The quantitative estimate of drug-likeness (QED) is 0.668. The molecule has 0 saturated heterocycles. The van der Waals surface area contributed by atoms with Crippen LogP contribution in [0.5, 0.6) is 0 Å². The third kappa shape index (κ3) is 4.37. The first kappa shape index (κ1) is 11.5. The molecule has 2 nitrogen and oxygen atoms in total. The van der Waals surface area contributed by atoms with Gasteiger partial charge in [0.05, 0.1) is 5.92 Å². The van der Waals surface area contributed by atoms with Crippen LogP contribution < -0.4 is 0 Å². The van der Waals surface area contributed by atoms with Crippen LogP contribution in [0.2, 0.25) is 0 Å². The predicted octanol–water partition coefficient (Wildman–Crippen LogP) is 2.92. The van der Waals surface area contributed by atoms with Crippen molar-refractivity contribution in [1.29, 1.82) is 0 Å². The van der Waals surface area contributed by atoms with Gasteiger partial charge in [-0.25, -0.2) is 0 Å². The summed E-state index contributed by atoms with van der Waals surface area (Å²) in [5.41, 5.74) is 0. The summed E-state index contributed by atoms with van der Waals surface area (Å²) in [6.07, 6.45) is 3.88. The molecule has 0 heterocycles. The molecular formula is C10H20O2. The average Bonchev–Trinajstić information content (AvgIpc) is 2.00. The second kappa shape index (κ2) is 6.04. The van der Waals surface area contributed by atoms with Gasteiger partial charge in [-0.05, 0) is 18.8 Å². The van der Waals surface area contributed by atoms with E-state index in [0.29, 0.717) is 5.92 Å². The van der Waals surface area contributed by atoms with E-state index in [1.165, 1.54) is 0 Å². The van der Waals surface area contributed by atoms with Crippen molar-refractivity contribution in [3.8, 4) is 0 Å². The van der Waals surface area contributed by atoms with Gasteiger partial charge in [-0.2, -0.15) is 0 Å². The fourth-order valence-electron chi connectivity index (χ4n) is 1.54. The lowest BCUT2D eigenvalue weighted by Gasteiger charge is -2.14. The Morgan fingerprint density at radius 2 is 2.00 bits per heavy atom. The highest BCUT2D eigenvalue weighted by atomic mass is 16.4. The standard InChI is InChI=1S/C10H20O2/c1-4-6-8(3)7-9(5-2)10(11)12/h8-9H,4-7H2,1-3H3,(H,11,12). The molecule has 0 radical (unpaired) electrons. The molecule has 0 aliphatic heterocycles. The molecule has 0 aliphatic rings. The Kier molecular flexibility index (Phi) is 5.77. The second-order valence-electron chi connectivity index (χ2n) is 3.57. The molecule has 2 atom stereocenters. The molecule has 0 saturated carbocycles. The van der Waals surface area contributed by atoms with Gasteiger partial charge >= 0.3 is 5.97 Å². The van der Waals surface area contributed by atoms with E-state index in [4.69, 9.17) is 5.11 Å². The Morgan fingerprint density at radius 1 is 1.42 bits per heavy atom. The third-order valence-corrected chi connectivity index (χ3v) is 2.31. The van der Waals surface area contributed by atoms with E-state index >= 15 is 0 Å². The number of carboxylic acids is 1. The molecule has 72 valence electrons. The van der Waals surface area contributed by atoms with E-state index in [1.54, 1.807) is 0 Å². The van der Waals surface area contributed by atoms with Crippen LogP contribution in [0.4, 0.5) is 0 Å². The monoisotopic (exact) mass is 172 g/mol. The molecule has 1 N–H and O–H groups in total.